The van der Waals surface area contributed by atoms with Gasteiger partial charge in [-0.15, -0.1) is 0 Å². The predicted octanol–water partition coefficient (Wildman–Crippen LogP) is 2.84. The van der Waals surface area contributed by atoms with Crippen LogP contribution in [0.15, 0.2) is 17.0 Å². The minimum absolute atomic E-state index is 0.659. The third-order valence-electron chi connectivity index (χ3n) is 3.21. The molecule has 0 aromatic carbocycles. The molecule has 2 saturated carbocycles. The molecule has 2 aliphatic carbocycles. The molecule has 1 aromatic heterocycles. The summed E-state index contributed by atoms with van der Waals surface area (Å²) in [6.07, 6.45) is 7.16. The fourth-order valence-electron chi connectivity index (χ4n) is 2.11. The molecule has 4 heteroatoms. The summed E-state index contributed by atoms with van der Waals surface area (Å²) in [5.74, 6) is 2.75. The number of hydrogen-bond acceptors (Lipinski definition) is 3. The van der Waals surface area contributed by atoms with Gasteiger partial charge in [0.05, 0.1) is 0 Å². The van der Waals surface area contributed by atoms with E-state index in [1.54, 1.807) is 6.33 Å². The maximum atomic E-state index is 4.25. The van der Waals surface area contributed by atoms with Crippen molar-refractivity contribution in [2.45, 2.75) is 31.7 Å². The summed E-state index contributed by atoms with van der Waals surface area (Å²) in [5.41, 5.74) is 0. The summed E-state index contributed by atoms with van der Waals surface area (Å²) in [4.78, 5) is 8.28. The molecular formula is C11H14BrN3. The van der Waals surface area contributed by atoms with Gasteiger partial charge in [0.25, 0.3) is 0 Å². The molecule has 0 spiro atoms. The molecule has 0 bridgehead atoms. The van der Waals surface area contributed by atoms with Gasteiger partial charge in [0.2, 0.25) is 0 Å². The first kappa shape index (κ1) is 9.58. The first-order chi connectivity index (χ1) is 7.33. The van der Waals surface area contributed by atoms with Crippen molar-refractivity contribution in [3.8, 4) is 0 Å². The molecule has 1 N–H and O–H groups in total. The van der Waals surface area contributed by atoms with Crippen LogP contribution in [-0.2, 0) is 0 Å². The number of rotatable bonds is 4. The van der Waals surface area contributed by atoms with Crippen LogP contribution in [0.2, 0.25) is 0 Å². The van der Waals surface area contributed by atoms with E-state index in [4.69, 9.17) is 0 Å². The second kappa shape index (κ2) is 3.74. The molecule has 3 rings (SSSR count). The van der Waals surface area contributed by atoms with E-state index in [0.29, 0.717) is 6.04 Å². The summed E-state index contributed by atoms with van der Waals surface area (Å²) >= 11 is 3.37. The Morgan fingerprint density at radius 2 is 1.87 bits per heavy atom. The van der Waals surface area contributed by atoms with Crippen LogP contribution in [0.4, 0.5) is 5.82 Å². The van der Waals surface area contributed by atoms with Crippen molar-refractivity contribution in [1.29, 1.82) is 0 Å². The molecule has 1 heterocycles. The highest BCUT2D eigenvalue weighted by atomic mass is 79.9. The monoisotopic (exact) mass is 267 g/mol. The van der Waals surface area contributed by atoms with E-state index < -0.39 is 0 Å². The zero-order chi connectivity index (χ0) is 10.3. The second-order valence-electron chi connectivity index (χ2n) is 4.57. The van der Waals surface area contributed by atoms with Crippen molar-refractivity contribution in [2.75, 3.05) is 5.32 Å². The SMILES string of the molecule is Brc1cc(NC(C2CC2)C2CC2)ncn1. The summed E-state index contributed by atoms with van der Waals surface area (Å²) in [6, 6.07) is 2.62. The smallest absolute Gasteiger partial charge is 0.130 e. The molecule has 0 radical (unpaired) electrons. The van der Waals surface area contributed by atoms with Gasteiger partial charge in [-0.25, -0.2) is 9.97 Å². The molecule has 2 aliphatic rings. The van der Waals surface area contributed by atoms with Crippen LogP contribution in [0.5, 0.6) is 0 Å². The van der Waals surface area contributed by atoms with Crippen LogP contribution >= 0.6 is 15.9 Å². The van der Waals surface area contributed by atoms with Gasteiger partial charge in [0.1, 0.15) is 16.7 Å². The zero-order valence-electron chi connectivity index (χ0n) is 8.49. The van der Waals surface area contributed by atoms with Gasteiger partial charge in [0, 0.05) is 12.1 Å². The van der Waals surface area contributed by atoms with Crippen LogP contribution in [-0.4, -0.2) is 16.0 Å². The number of anilines is 1. The Morgan fingerprint density at radius 1 is 1.20 bits per heavy atom. The van der Waals surface area contributed by atoms with Gasteiger partial charge in [-0.1, -0.05) is 0 Å². The van der Waals surface area contributed by atoms with E-state index in [1.807, 2.05) is 6.07 Å². The summed E-state index contributed by atoms with van der Waals surface area (Å²) < 4.78 is 0.852. The Balaban J connectivity index is 1.71. The second-order valence-corrected chi connectivity index (χ2v) is 5.38. The van der Waals surface area contributed by atoms with Crippen molar-refractivity contribution in [3.63, 3.8) is 0 Å². The van der Waals surface area contributed by atoms with E-state index in [0.717, 1.165) is 22.3 Å². The van der Waals surface area contributed by atoms with Gasteiger partial charge >= 0.3 is 0 Å². The molecule has 0 unspecified atom stereocenters. The molecule has 0 amide bonds. The third-order valence-corrected chi connectivity index (χ3v) is 3.64. The third kappa shape index (κ3) is 2.30. The zero-order valence-corrected chi connectivity index (χ0v) is 10.1. The first-order valence-electron chi connectivity index (χ1n) is 5.57. The molecule has 1 aromatic rings. The molecular weight excluding hydrogens is 254 g/mol. The average Bonchev–Trinajstić information content (AvgIpc) is 3.07. The lowest BCUT2D eigenvalue weighted by atomic mass is 10.1. The van der Waals surface area contributed by atoms with Crippen molar-refractivity contribution >= 4 is 21.7 Å². The van der Waals surface area contributed by atoms with Crippen molar-refractivity contribution in [3.05, 3.63) is 17.0 Å². The summed E-state index contributed by atoms with van der Waals surface area (Å²) in [7, 11) is 0. The van der Waals surface area contributed by atoms with Crippen molar-refractivity contribution in [2.24, 2.45) is 11.8 Å². The van der Waals surface area contributed by atoms with Crippen LogP contribution in [0.3, 0.4) is 0 Å². The van der Waals surface area contributed by atoms with Crippen LogP contribution in [0.25, 0.3) is 0 Å². The molecule has 0 saturated heterocycles. The van der Waals surface area contributed by atoms with E-state index >= 15 is 0 Å². The Hall–Kier alpha value is -0.640. The minimum Gasteiger partial charge on any atom is -0.367 e. The van der Waals surface area contributed by atoms with E-state index in [1.165, 1.54) is 25.7 Å². The maximum absolute atomic E-state index is 4.25. The fourth-order valence-corrected chi connectivity index (χ4v) is 2.42. The highest BCUT2D eigenvalue weighted by molar-refractivity contribution is 9.10. The van der Waals surface area contributed by atoms with Crippen molar-refractivity contribution in [1.82, 2.24) is 9.97 Å². The Kier molecular flexibility index (Phi) is 2.39. The number of nitrogens with zero attached hydrogens (tertiary/aromatic N) is 2. The summed E-state index contributed by atoms with van der Waals surface area (Å²) in [5, 5.41) is 3.56. The van der Waals surface area contributed by atoms with Crippen LogP contribution < -0.4 is 5.32 Å². The Morgan fingerprint density at radius 3 is 2.40 bits per heavy atom. The molecule has 0 atom stereocenters. The predicted molar refractivity (Wildman–Crippen MR) is 62.6 cm³/mol. The number of nitrogens with one attached hydrogen (secondary N) is 1. The Labute approximate surface area is 97.8 Å². The first-order valence-corrected chi connectivity index (χ1v) is 6.36. The lowest BCUT2D eigenvalue weighted by molar-refractivity contribution is 0.565. The average molecular weight is 268 g/mol. The quantitative estimate of drug-likeness (QED) is 0.853. The van der Waals surface area contributed by atoms with Gasteiger partial charge in [0.15, 0.2) is 0 Å². The number of aromatic nitrogens is 2. The standard InChI is InChI=1S/C11H14BrN3/c12-9-5-10(14-6-13-9)15-11(7-1-2-7)8-3-4-8/h5-8,11H,1-4H2,(H,13,14,15). The highest BCUT2D eigenvalue weighted by Crippen LogP contribution is 2.45. The topological polar surface area (TPSA) is 37.8 Å². The van der Waals surface area contributed by atoms with E-state index in [9.17, 15) is 0 Å². The van der Waals surface area contributed by atoms with Gasteiger partial charge in [-0.3, -0.25) is 0 Å². The van der Waals surface area contributed by atoms with Gasteiger partial charge < -0.3 is 5.32 Å². The molecule has 15 heavy (non-hydrogen) atoms. The van der Waals surface area contributed by atoms with Crippen molar-refractivity contribution < 1.29 is 0 Å². The van der Waals surface area contributed by atoms with Crippen LogP contribution in [0, 0.1) is 11.8 Å². The van der Waals surface area contributed by atoms with E-state index in [-0.39, 0.29) is 0 Å². The largest absolute Gasteiger partial charge is 0.367 e. The number of hydrogen-bond donors (Lipinski definition) is 1. The molecule has 80 valence electrons. The fraction of sp³-hybridized carbons (Fsp3) is 0.636. The van der Waals surface area contributed by atoms with E-state index in [2.05, 4.69) is 31.2 Å². The van der Waals surface area contributed by atoms with Gasteiger partial charge in [-0.05, 0) is 53.4 Å². The van der Waals surface area contributed by atoms with Gasteiger partial charge in [-0.2, -0.15) is 0 Å². The number of halogens is 1. The normalized spacial score (nSPS) is 20.7. The molecule has 0 aliphatic heterocycles. The van der Waals surface area contributed by atoms with Crippen LogP contribution in [0.1, 0.15) is 25.7 Å². The summed E-state index contributed by atoms with van der Waals surface area (Å²) in [6.45, 7) is 0. The molecule has 3 nitrogen and oxygen atoms in total. The maximum Gasteiger partial charge on any atom is 0.130 e. The highest BCUT2D eigenvalue weighted by Gasteiger charge is 2.41. The lowest BCUT2D eigenvalue weighted by Crippen LogP contribution is -2.24. The Bertz CT molecular complexity index is 349. The molecule has 2 fully saturated rings. The minimum atomic E-state index is 0.659. The lowest BCUT2D eigenvalue weighted by Gasteiger charge is -2.17.